The topological polar surface area (TPSA) is 59.9 Å². The van der Waals surface area contributed by atoms with Crippen molar-refractivity contribution in [3.05, 3.63) is 125 Å². The molecule has 5 rings (SSSR count). The molecule has 0 fully saturated rings. The highest BCUT2D eigenvalue weighted by Crippen LogP contribution is 2.46. The molecule has 33 heavy (non-hydrogen) atoms. The van der Waals surface area contributed by atoms with Gasteiger partial charge in [0.2, 0.25) is 11.8 Å². The van der Waals surface area contributed by atoms with Crippen molar-refractivity contribution in [1.82, 2.24) is 5.32 Å². The first kappa shape index (κ1) is 21.1. The van der Waals surface area contributed by atoms with Gasteiger partial charge >= 0.3 is 0 Å². The number of pyridine rings is 1. The molecule has 3 unspecified atom stereocenters. The summed E-state index contributed by atoms with van der Waals surface area (Å²) >= 11 is 5.54. The van der Waals surface area contributed by atoms with Gasteiger partial charge in [-0.3, -0.25) is 0 Å². The number of benzene rings is 3. The van der Waals surface area contributed by atoms with E-state index in [-0.39, 0.29) is 10.8 Å². The molecule has 1 aliphatic heterocycles. The first-order chi connectivity index (χ1) is 16.0. The SMILES string of the molecule is N#CC1=C([S-])NC(O)(c2ccccc2)C([n+]2ccc3ccccc3c2)C1c1ccc(F)cc1. The molecule has 4 aromatic rings. The fourth-order valence-corrected chi connectivity index (χ4v) is 4.97. The van der Waals surface area contributed by atoms with E-state index in [2.05, 4.69) is 11.4 Å². The maximum Gasteiger partial charge on any atom is 0.225 e. The molecule has 3 atom stereocenters. The quantitative estimate of drug-likeness (QED) is 0.358. The second-order valence-corrected chi connectivity index (χ2v) is 8.52. The van der Waals surface area contributed by atoms with E-state index >= 15 is 0 Å². The third kappa shape index (κ3) is 3.62. The van der Waals surface area contributed by atoms with Gasteiger partial charge in [-0.1, -0.05) is 65.7 Å². The monoisotopic (exact) mass is 453 g/mol. The van der Waals surface area contributed by atoms with Crippen LogP contribution in [-0.2, 0) is 18.4 Å². The minimum absolute atomic E-state index is 0.177. The molecule has 2 N–H and O–H groups in total. The summed E-state index contributed by atoms with van der Waals surface area (Å²) in [6.45, 7) is 0. The van der Waals surface area contributed by atoms with E-state index in [0.29, 0.717) is 16.7 Å². The zero-order chi connectivity index (χ0) is 23.0. The zero-order valence-electron chi connectivity index (χ0n) is 17.5. The number of nitrogens with one attached hydrogen (secondary N) is 1. The van der Waals surface area contributed by atoms with Crippen molar-refractivity contribution >= 4 is 23.4 Å². The van der Waals surface area contributed by atoms with Crippen molar-refractivity contribution in [2.75, 3.05) is 0 Å². The van der Waals surface area contributed by atoms with Crippen molar-refractivity contribution in [3.63, 3.8) is 0 Å². The van der Waals surface area contributed by atoms with E-state index in [9.17, 15) is 14.8 Å². The van der Waals surface area contributed by atoms with Gasteiger partial charge in [-0.2, -0.15) is 9.83 Å². The van der Waals surface area contributed by atoms with Crippen LogP contribution in [-0.4, -0.2) is 5.11 Å². The second-order valence-electron chi connectivity index (χ2n) is 8.11. The molecule has 4 nitrogen and oxygen atoms in total. The van der Waals surface area contributed by atoms with E-state index in [4.69, 9.17) is 12.6 Å². The third-order valence-electron chi connectivity index (χ3n) is 6.20. The van der Waals surface area contributed by atoms with Gasteiger partial charge in [0, 0.05) is 22.6 Å². The van der Waals surface area contributed by atoms with Gasteiger partial charge in [0.25, 0.3) is 0 Å². The van der Waals surface area contributed by atoms with Crippen LogP contribution in [0.1, 0.15) is 23.1 Å². The van der Waals surface area contributed by atoms with Gasteiger partial charge in [0.05, 0.1) is 12.0 Å². The lowest BCUT2D eigenvalue weighted by molar-refractivity contribution is -0.742. The average molecular weight is 454 g/mol. The summed E-state index contributed by atoms with van der Waals surface area (Å²) < 4.78 is 15.7. The third-order valence-corrected chi connectivity index (χ3v) is 6.52. The molecule has 6 heteroatoms. The molecule has 0 saturated carbocycles. The molecule has 0 amide bonds. The van der Waals surface area contributed by atoms with Crippen LogP contribution in [0.25, 0.3) is 10.8 Å². The summed E-state index contributed by atoms with van der Waals surface area (Å²) in [5, 5.41) is 27.5. The summed E-state index contributed by atoms with van der Waals surface area (Å²) in [4.78, 5) is 0. The molecule has 0 spiro atoms. The fraction of sp³-hybridized carbons (Fsp3) is 0.111. The minimum atomic E-state index is -1.62. The van der Waals surface area contributed by atoms with Gasteiger partial charge in [-0.15, -0.1) is 0 Å². The first-order valence-electron chi connectivity index (χ1n) is 10.5. The Morgan fingerprint density at radius 2 is 1.61 bits per heavy atom. The molecule has 0 radical (unpaired) electrons. The molecule has 3 aromatic carbocycles. The summed E-state index contributed by atoms with van der Waals surface area (Å²) in [6.07, 6.45) is 3.85. The minimum Gasteiger partial charge on any atom is -0.762 e. The van der Waals surface area contributed by atoms with E-state index in [1.54, 1.807) is 12.1 Å². The number of aliphatic hydroxyl groups is 1. The summed E-state index contributed by atoms with van der Waals surface area (Å²) in [5.41, 5.74) is 0.00650. The van der Waals surface area contributed by atoms with Gasteiger partial charge in [0.1, 0.15) is 5.82 Å². The largest absolute Gasteiger partial charge is 0.762 e. The van der Waals surface area contributed by atoms with Gasteiger partial charge in [-0.05, 0) is 29.1 Å². The van der Waals surface area contributed by atoms with Gasteiger partial charge in [-0.25, -0.2) is 4.39 Å². The van der Waals surface area contributed by atoms with Crippen LogP contribution in [0.3, 0.4) is 0 Å². The lowest BCUT2D eigenvalue weighted by atomic mass is 9.75. The van der Waals surface area contributed by atoms with Crippen LogP contribution in [0.15, 0.2) is 108 Å². The molecular formula is C27H20FN3OS. The van der Waals surface area contributed by atoms with E-state index < -0.39 is 17.7 Å². The predicted octanol–water partition coefficient (Wildman–Crippen LogP) is 4.32. The summed E-state index contributed by atoms with van der Waals surface area (Å²) in [5.74, 6) is -0.984. The number of nitrogens with zero attached hydrogens (tertiary/aromatic N) is 2. The van der Waals surface area contributed by atoms with E-state index in [1.165, 1.54) is 12.1 Å². The molecule has 0 aliphatic carbocycles. The number of hydrogen-bond acceptors (Lipinski definition) is 4. The van der Waals surface area contributed by atoms with Crippen molar-refractivity contribution in [3.8, 4) is 6.07 Å². The van der Waals surface area contributed by atoms with Crippen LogP contribution < -0.4 is 9.88 Å². The lowest BCUT2D eigenvalue weighted by Gasteiger charge is -2.45. The van der Waals surface area contributed by atoms with Crippen molar-refractivity contribution in [2.24, 2.45) is 0 Å². The predicted molar refractivity (Wildman–Crippen MR) is 126 cm³/mol. The van der Waals surface area contributed by atoms with Crippen LogP contribution in [0.2, 0.25) is 0 Å². The Labute approximate surface area is 196 Å². The molecule has 0 bridgehead atoms. The number of nitriles is 1. The average Bonchev–Trinajstić information content (AvgIpc) is 2.84. The zero-order valence-corrected chi connectivity index (χ0v) is 18.3. The van der Waals surface area contributed by atoms with Crippen molar-refractivity contribution in [2.45, 2.75) is 17.7 Å². The molecule has 1 aliphatic rings. The lowest BCUT2D eigenvalue weighted by Crippen LogP contribution is -2.62. The Bertz CT molecular complexity index is 1400. The van der Waals surface area contributed by atoms with E-state index in [1.807, 2.05) is 77.6 Å². The Kier molecular flexibility index (Phi) is 5.29. The molecule has 162 valence electrons. The molecular weight excluding hydrogens is 433 g/mol. The number of hydrogen-bond donors (Lipinski definition) is 2. The number of rotatable bonds is 3. The number of aromatic nitrogens is 1. The maximum absolute atomic E-state index is 13.8. The Hall–Kier alpha value is -3.79. The van der Waals surface area contributed by atoms with Crippen LogP contribution in [0, 0.1) is 17.1 Å². The standard InChI is InChI=1S/C27H20FN3OS/c28-22-12-10-19(11-13-22)24-23(16-29)26(33)30-27(32,21-8-2-1-3-9-21)25(24)31-15-14-18-6-4-5-7-20(18)17-31/h1-15,17,24-25,30,32H. The van der Waals surface area contributed by atoms with Crippen molar-refractivity contribution in [1.29, 1.82) is 5.26 Å². The van der Waals surface area contributed by atoms with Crippen LogP contribution in [0.5, 0.6) is 0 Å². The highest BCUT2D eigenvalue weighted by molar-refractivity contribution is 7.63. The van der Waals surface area contributed by atoms with Crippen LogP contribution in [0.4, 0.5) is 4.39 Å². The number of fused-ring (bicyclic) bond motifs is 1. The normalized spacial score (nSPS) is 22.6. The highest BCUT2D eigenvalue weighted by Gasteiger charge is 2.54. The Morgan fingerprint density at radius 3 is 2.30 bits per heavy atom. The first-order valence-corrected chi connectivity index (χ1v) is 10.9. The van der Waals surface area contributed by atoms with Gasteiger partial charge < -0.3 is 23.1 Å². The molecule has 0 saturated heterocycles. The fourth-order valence-electron chi connectivity index (χ4n) is 4.64. The number of halogens is 1. The van der Waals surface area contributed by atoms with Crippen molar-refractivity contribution < 1.29 is 14.1 Å². The Balaban J connectivity index is 1.80. The smallest absolute Gasteiger partial charge is 0.225 e. The van der Waals surface area contributed by atoms with Gasteiger partial charge in [0.15, 0.2) is 12.4 Å². The van der Waals surface area contributed by atoms with E-state index in [0.717, 1.165) is 10.8 Å². The maximum atomic E-state index is 13.8. The molecule has 1 aromatic heterocycles. The highest BCUT2D eigenvalue weighted by atomic mass is 32.1. The summed E-state index contributed by atoms with van der Waals surface area (Å²) in [6, 6.07) is 26.7. The number of allylic oxidation sites excluding steroid dienone is 1. The van der Waals surface area contributed by atoms with Crippen LogP contribution >= 0.6 is 0 Å². The second kappa shape index (κ2) is 8.28. The summed E-state index contributed by atoms with van der Waals surface area (Å²) in [7, 11) is 0. The molecule has 2 heterocycles. The Morgan fingerprint density at radius 1 is 0.939 bits per heavy atom.